The number of likely N-dealkylation sites (tertiary alicyclic amines) is 2. The molecule has 1 amide bonds. The zero-order valence-corrected chi connectivity index (χ0v) is 12.6. The number of hydrogen-bond donors (Lipinski definition) is 0. The quantitative estimate of drug-likeness (QED) is 0.771. The largest absolute Gasteiger partial charge is 0.450 e. The summed E-state index contributed by atoms with van der Waals surface area (Å²) in [6.45, 7) is 11.2. The molecule has 0 aromatic rings. The number of hydrogen-bond acceptors (Lipinski definition) is 3. The summed E-state index contributed by atoms with van der Waals surface area (Å²) in [5, 5.41) is 0. The molecular formula is C15H28N2O2. The third-order valence-electron chi connectivity index (χ3n) is 4.40. The van der Waals surface area contributed by atoms with E-state index >= 15 is 0 Å². The highest BCUT2D eigenvalue weighted by Crippen LogP contribution is 2.26. The molecule has 0 spiro atoms. The molecule has 2 fully saturated rings. The molecule has 0 unspecified atom stereocenters. The molecule has 0 N–H and O–H groups in total. The van der Waals surface area contributed by atoms with E-state index in [1.54, 1.807) is 0 Å². The van der Waals surface area contributed by atoms with Gasteiger partial charge in [-0.1, -0.05) is 13.8 Å². The Labute approximate surface area is 117 Å². The highest BCUT2D eigenvalue weighted by atomic mass is 16.6. The topological polar surface area (TPSA) is 32.8 Å². The van der Waals surface area contributed by atoms with E-state index in [0.717, 1.165) is 37.8 Å². The van der Waals surface area contributed by atoms with E-state index in [0.29, 0.717) is 12.6 Å². The molecule has 0 radical (unpaired) electrons. The van der Waals surface area contributed by atoms with Crippen LogP contribution in [0.1, 0.15) is 40.0 Å². The second-order valence-electron chi connectivity index (χ2n) is 6.32. The van der Waals surface area contributed by atoms with Gasteiger partial charge in [0.25, 0.3) is 0 Å². The summed E-state index contributed by atoms with van der Waals surface area (Å²) < 4.78 is 5.07. The van der Waals surface area contributed by atoms with Crippen molar-refractivity contribution >= 4 is 6.09 Å². The van der Waals surface area contributed by atoms with E-state index in [-0.39, 0.29) is 6.09 Å². The van der Waals surface area contributed by atoms with Crippen LogP contribution in [0, 0.1) is 11.8 Å². The fourth-order valence-electron chi connectivity index (χ4n) is 3.64. The minimum atomic E-state index is -0.138. The van der Waals surface area contributed by atoms with Gasteiger partial charge in [0.05, 0.1) is 6.61 Å². The van der Waals surface area contributed by atoms with E-state index in [4.69, 9.17) is 4.74 Å². The van der Waals surface area contributed by atoms with Crippen molar-refractivity contribution in [3.05, 3.63) is 0 Å². The van der Waals surface area contributed by atoms with Gasteiger partial charge in [-0.2, -0.15) is 0 Å². The van der Waals surface area contributed by atoms with E-state index < -0.39 is 0 Å². The van der Waals surface area contributed by atoms with Gasteiger partial charge < -0.3 is 9.64 Å². The Bertz CT molecular complexity index is 291. The van der Waals surface area contributed by atoms with Crippen molar-refractivity contribution in [1.29, 1.82) is 0 Å². The molecule has 0 aromatic carbocycles. The molecule has 2 rings (SSSR count). The summed E-state index contributed by atoms with van der Waals surface area (Å²) in [6, 6.07) is 0.663. The SMILES string of the molecule is CCOC(=O)N1CCC(N2C[C@H](C)C[C@@H](C)C2)CC1. The van der Waals surface area contributed by atoms with Crippen molar-refractivity contribution < 1.29 is 9.53 Å². The lowest BCUT2D eigenvalue weighted by Gasteiger charge is -2.43. The number of carbonyl (C=O) groups excluding carboxylic acids is 1. The second kappa shape index (κ2) is 6.60. The molecule has 2 aliphatic heterocycles. The highest BCUT2D eigenvalue weighted by molar-refractivity contribution is 5.67. The smallest absolute Gasteiger partial charge is 0.409 e. The first-order valence-corrected chi connectivity index (χ1v) is 7.75. The first-order chi connectivity index (χ1) is 9.10. The molecule has 2 saturated heterocycles. The van der Waals surface area contributed by atoms with Gasteiger partial charge in [0, 0.05) is 32.2 Å². The van der Waals surface area contributed by atoms with Gasteiger partial charge in [0.2, 0.25) is 0 Å². The summed E-state index contributed by atoms with van der Waals surface area (Å²) >= 11 is 0. The van der Waals surface area contributed by atoms with Crippen molar-refractivity contribution in [3.63, 3.8) is 0 Å². The average molecular weight is 268 g/mol. The second-order valence-corrected chi connectivity index (χ2v) is 6.32. The van der Waals surface area contributed by atoms with Gasteiger partial charge >= 0.3 is 6.09 Å². The van der Waals surface area contributed by atoms with Crippen LogP contribution in [-0.4, -0.2) is 54.7 Å². The van der Waals surface area contributed by atoms with Crippen molar-refractivity contribution in [2.24, 2.45) is 11.8 Å². The number of rotatable bonds is 2. The van der Waals surface area contributed by atoms with Gasteiger partial charge in [-0.25, -0.2) is 4.79 Å². The first-order valence-electron chi connectivity index (χ1n) is 7.75. The standard InChI is InChI=1S/C15H28N2O2/c1-4-19-15(18)16-7-5-14(6-8-16)17-10-12(2)9-13(3)11-17/h12-14H,4-11H2,1-3H3/t12-,13-/m1/s1. The summed E-state index contributed by atoms with van der Waals surface area (Å²) in [6.07, 6.45) is 3.41. The molecule has 0 saturated carbocycles. The third kappa shape index (κ3) is 3.85. The van der Waals surface area contributed by atoms with E-state index in [2.05, 4.69) is 18.7 Å². The highest BCUT2D eigenvalue weighted by Gasteiger charge is 2.31. The molecule has 2 aliphatic rings. The molecule has 110 valence electrons. The van der Waals surface area contributed by atoms with Crippen LogP contribution in [0.4, 0.5) is 4.79 Å². The summed E-state index contributed by atoms with van der Waals surface area (Å²) in [5.41, 5.74) is 0. The van der Waals surface area contributed by atoms with Gasteiger partial charge in [-0.05, 0) is 38.0 Å². The monoisotopic (exact) mass is 268 g/mol. The van der Waals surface area contributed by atoms with Gasteiger partial charge in [0.1, 0.15) is 0 Å². The Kier molecular flexibility index (Phi) is 5.08. The molecule has 0 bridgehead atoms. The van der Waals surface area contributed by atoms with Crippen LogP contribution in [0.25, 0.3) is 0 Å². The van der Waals surface area contributed by atoms with Crippen LogP contribution >= 0.6 is 0 Å². The summed E-state index contributed by atoms with van der Waals surface area (Å²) in [5.74, 6) is 1.62. The Hall–Kier alpha value is -0.770. The van der Waals surface area contributed by atoms with Crippen LogP contribution in [0.5, 0.6) is 0 Å². The zero-order valence-electron chi connectivity index (χ0n) is 12.6. The minimum Gasteiger partial charge on any atom is -0.450 e. The zero-order chi connectivity index (χ0) is 13.8. The lowest BCUT2D eigenvalue weighted by atomic mass is 9.89. The molecule has 0 aliphatic carbocycles. The Balaban J connectivity index is 1.81. The van der Waals surface area contributed by atoms with Crippen LogP contribution in [0.15, 0.2) is 0 Å². The third-order valence-corrected chi connectivity index (χ3v) is 4.40. The lowest BCUT2D eigenvalue weighted by molar-refractivity contribution is 0.0467. The van der Waals surface area contributed by atoms with Gasteiger partial charge in [0.15, 0.2) is 0 Å². The predicted molar refractivity (Wildman–Crippen MR) is 76.1 cm³/mol. The normalized spacial score (nSPS) is 30.4. The maximum atomic E-state index is 11.7. The molecule has 4 heteroatoms. The fraction of sp³-hybridized carbons (Fsp3) is 0.933. The number of carbonyl (C=O) groups is 1. The number of nitrogens with zero attached hydrogens (tertiary/aromatic N) is 2. The van der Waals surface area contributed by atoms with Crippen molar-refractivity contribution in [1.82, 2.24) is 9.80 Å². The molecule has 2 atom stereocenters. The number of ether oxygens (including phenoxy) is 1. The summed E-state index contributed by atoms with van der Waals surface area (Å²) in [7, 11) is 0. The van der Waals surface area contributed by atoms with Crippen LogP contribution in [0.3, 0.4) is 0 Å². The first kappa shape index (κ1) is 14.6. The Morgan fingerprint density at radius 2 is 1.74 bits per heavy atom. The fourth-order valence-corrected chi connectivity index (χ4v) is 3.64. The van der Waals surface area contributed by atoms with Gasteiger partial charge in [-0.3, -0.25) is 4.90 Å². The summed E-state index contributed by atoms with van der Waals surface area (Å²) in [4.78, 5) is 16.2. The van der Waals surface area contributed by atoms with Gasteiger partial charge in [-0.15, -0.1) is 0 Å². The Morgan fingerprint density at radius 1 is 1.16 bits per heavy atom. The van der Waals surface area contributed by atoms with E-state index in [9.17, 15) is 4.79 Å². The Morgan fingerprint density at radius 3 is 2.26 bits per heavy atom. The van der Waals surface area contributed by atoms with Crippen LogP contribution in [0.2, 0.25) is 0 Å². The maximum absolute atomic E-state index is 11.7. The molecule has 19 heavy (non-hydrogen) atoms. The average Bonchev–Trinajstić information content (AvgIpc) is 2.38. The molecular weight excluding hydrogens is 240 g/mol. The molecule has 4 nitrogen and oxygen atoms in total. The van der Waals surface area contributed by atoms with Crippen molar-refractivity contribution in [2.45, 2.75) is 46.1 Å². The van der Waals surface area contributed by atoms with E-state index in [1.165, 1.54) is 19.5 Å². The van der Waals surface area contributed by atoms with Crippen molar-refractivity contribution in [3.8, 4) is 0 Å². The molecule has 2 heterocycles. The van der Waals surface area contributed by atoms with Crippen molar-refractivity contribution in [2.75, 3.05) is 32.8 Å². The number of amides is 1. The number of piperidine rings is 2. The predicted octanol–water partition coefficient (Wildman–Crippen LogP) is 2.59. The van der Waals surface area contributed by atoms with Crippen LogP contribution < -0.4 is 0 Å². The van der Waals surface area contributed by atoms with Crippen LogP contribution in [-0.2, 0) is 4.74 Å². The minimum absolute atomic E-state index is 0.138. The van der Waals surface area contributed by atoms with E-state index in [1.807, 2.05) is 11.8 Å². The lowest BCUT2D eigenvalue weighted by Crippen LogP contribution is -2.50. The molecule has 0 aromatic heterocycles. The maximum Gasteiger partial charge on any atom is 0.409 e.